The molecule has 4 heterocycles. The van der Waals surface area contributed by atoms with E-state index in [0.29, 0.717) is 11.1 Å². The van der Waals surface area contributed by atoms with E-state index >= 15 is 0 Å². The van der Waals surface area contributed by atoms with Crippen molar-refractivity contribution in [2.75, 3.05) is 0 Å². The molecule has 0 spiro atoms. The Kier molecular flexibility index (Phi) is 12.5. The number of aromatic hydroxyl groups is 16. The van der Waals surface area contributed by atoms with Gasteiger partial charge in [0.2, 0.25) is 6.10 Å². The lowest BCUT2D eigenvalue weighted by molar-refractivity contribution is -0.0909. The highest BCUT2D eigenvalue weighted by Crippen LogP contribution is 2.66. The van der Waals surface area contributed by atoms with E-state index in [1.165, 1.54) is 30.3 Å². The summed E-state index contributed by atoms with van der Waals surface area (Å²) in [6.07, 6.45) is -9.65. The molecule has 444 valence electrons. The second-order valence-corrected chi connectivity index (χ2v) is 22.9. The van der Waals surface area contributed by atoms with E-state index in [0.717, 1.165) is 60.7 Å². The van der Waals surface area contributed by atoms with E-state index in [1.54, 1.807) is 13.0 Å². The fourth-order valence-corrected chi connectivity index (χ4v) is 13.9. The van der Waals surface area contributed by atoms with Gasteiger partial charge < -0.3 is 111 Å². The van der Waals surface area contributed by atoms with Crippen molar-refractivity contribution in [3.63, 3.8) is 0 Å². The Balaban J connectivity index is 1.06. The summed E-state index contributed by atoms with van der Waals surface area (Å²) in [5, 5.41) is 207. The van der Waals surface area contributed by atoms with Gasteiger partial charge in [0.25, 0.3) is 5.75 Å². The molecule has 0 amide bonds. The zero-order valence-electron chi connectivity index (χ0n) is 45.4. The summed E-state index contributed by atoms with van der Waals surface area (Å²) in [6, 6.07) is 19.2. The molecule has 2 bridgehead atoms. The smallest absolute Gasteiger partial charge is 0.269 e. The lowest BCUT2D eigenvalue weighted by atomic mass is 9.62. The Bertz CT molecular complexity index is 4180. The second-order valence-electron chi connectivity index (χ2n) is 22.9. The summed E-state index contributed by atoms with van der Waals surface area (Å²) in [6.45, 7) is 3.49. The molecule has 0 saturated carbocycles. The van der Waals surface area contributed by atoms with Crippen LogP contribution in [0.2, 0.25) is 0 Å². The summed E-state index contributed by atoms with van der Waals surface area (Å²) in [7, 11) is 0. The van der Waals surface area contributed by atoms with Crippen LogP contribution in [-0.2, 0) is 24.9 Å². The van der Waals surface area contributed by atoms with Crippen LogP contribution in [0.25, 0.3) is 0 Å². The average molecular weight is 1180 g/mol. The molecule has 19 N–H and O–H groups in total. The number of fused-ring (bicyclic) bond motifs is 10. The van der Waals surface area contributed by atoms with E-state index in [1.807, 2.05) is 6.92 Å². The van der Waals surface area contributed by atoms with Crippen LogP contribution < -0.4 is 14.2 Å². The van der Waals surface area contributed by atoms with Crippen LogP contribution in [0.3, 0.4) is 0 Å². The van der Waals surface area contributed by atoms with Crippen molar-refractivity contribution >= 4 is 0 Å². The van der Waals surface area contributed by atoms with E-state index in [2.05, 4.69) is 0 Å². The first-order chi connectivity index (χ1) is 40.9. The van der Waals surface area contributed by atoms with Crippen LogP contribution >= 0.6 is 0 Å². The number of aliphatic hydroxyl groups excluding tert-OH is 3. The molecular formula is C64H57O22+. The number of hydrogen-bond donors (Lipinski definition) is 18. The highest BCUT2D eigenvalue weighted by Gasteiger charge is 2.60. The molecular weight excluding hydrogens is 1120 g/mol. The molecule has 5 aliphatic rings. The van der Waals surface area contributed by atoms with Gasteiger partial charge in [0.05, 0.1) is 29.1 Å². The third-order valence-corrected chi connectivity index (χ3v) is 17.9. The third kappa shape index (κ3) is 8.11. The van der Waals surface area contributed by atoms with Gasteiger partial charge in [-0.2, -0.15) is 0 Å². The molecule has 11 atom stereocenters. The van der Waals surface area contributed by atoms with Crippen molar-refractivity contribution in [2.45, 2.75) is 93.1 Å². The van der Waals surface area contributed by atoms with Gasteiger partial charge in [0.1, 0.15) is 75.8 Å². The quantitative estimate of drug-likeness (QED) is 0.0539. The van der Waals surface area contributed by atoms with Gasteiger partial charge in [-0.1, -0.05) is 32.0 Å². The fraction of sp³-hybridized carbons (Fsp3) is 0.250. The minimum Gasteiger partial charge on any atom is -0.577 e. The Morgan fingerprint density at radius 2 is 0.965 bits per heavy atom. The van der Waals surface area contributed by atoms with Gasteiger partial charge in [-0.05, 0) is 77.7 Å². The highest BCUT2D eigenvalue weighted by atomic mass is 16.5. The number of phenolic OH excluding ortho intramolecular Hbond substituents is 15. The van der Waals surface area contributed by atoms with Gasteiger partial charge in [0.15, 0.2) is 57.7 Å². The van der Waals surface area contributed by atoms with Crippen molar-refractivity contribution in [1.29, 1.82) is 0 Å². The van der Waals surface area contributed by atoms with Crippen molar-refractivity contribution in [1.82, 2.24) is 0 Å². The Hall–Kier alpha value is -10.2. The lowest BCUT2D eigenvalue weighted by Gasteiger charge is -2.52. The van der Waals surface area contributed by atoms with Crippen LogP contribution in [0, 0.1) is 5.92 Å². The molecule has 0 saturated heterocycles. The van der Waals surface area contributed by atoms with Crippen molar-refractivity contribution < 1.29 is 111 Å². The largest absolute Gasteiger partial charge is 0.577 e. The monoisotopic (exact) mass is 1180 g/mol. The maximum atomic E-state index is 13.4. The zero-order chi connectivity index (χ0) is 61.0. The molecule has 13 rings (SSSR count). The molecule has 22 heteroatoms. The molecule has 0 fully saturated rings. The van der Waals surface area contributed by atoms with E-state index in [4.69, 9.17) is 18.9 Å². The number of aliphatic hydroxyl groups is 4. The first kappa shape index (κ1) is 55.1. The minimum atomic E-state index is -2.11. The molecule has 8 aromatic rings. The van der Waals surface area contributed by atoms with Gasteiger partial charge in [0, 0.05) is 93.5 Å². The highest BCUT2D eigenvalue weighted by molar-refractivity contribution is 5.74. The van der Waals surface area contributed by atoms with Crippen LogP contribution in [0.4, 0.5) is 0 Å². The molecule has 1 aliphatic carbocycles. The van der Waals surface area contributed by atoms with E-state index in [-0.39, 0.29) is 114 Å². The van der Waals surface area contributed by atoms with Crippen LogP contribution in [-0.4, -0.2) is 115 Å². The summed E-state index contributed by atoms with van der Waals surface area (Å²) in [4.78, 5) is 0. The van der Waals surface area contributed by atoms with Gasteiger partial charge >= 0.3 is 0 Å². The Labute approximate surface area is 486 Å². The molecule has 11 unspecified atom stereocenters. The molecule has 86 heavy (non-hydrogen) atoms. The summed E-state index contributed by atoms with van der Waals surface area (Å²) in [5.74, 6) is -13.7. The number of rotatable bonds is 7. The summed E-state index contributed by atoms with van der Waals surface area (Å²) >= 11 is 0. The fourth-order valence-electron chi connectivity index (χ4n) is 13.9. The van der Waals surface area contributed by atoms with Crippen LogP contribution in [0.15, 0.2) is 97.1 Å². The zero-order valence-corrected chi connectivity index (χ0v) is 45.4. The van der Waals surface area contributed by atoms with Gasteiger partial charge in [-0.25, -0.2) is 0 Å². The average Bonchev–Trinajstić information content (AvgIpc) is 0.696. The second kappa shape index (κ2) is 19.5. The first-order valence-corrected chi connectivity index (χ1v) is 27.3. The summed E-state index contributed by atoms with van der Waals surface area (Å²) in [5.41, 5.74) is -1.84. The maximum absolute atomic E-state index is 13.4. The molecule has 8 aromatic carbocycles. The molecule has 0 aromatic heterocycles. The Morgan fingerprint density at radius 3 is 1.60 bits per heavy atom. The normalized spacial score (nSPS) is 24.5. The molecule has 0 radical (unpaired) electrons. The number of phenols is 15. The topological polar surface area (TPSA) is 405 Å². The lowest BCUT2D eigenvalue weighted by Crippen LogP contribution is -2.56. The van der Waals surface area contributed by atoms with Crippen molar-refractivity contribution in [3.05, 3.63) is 169 Å². The van der Waals surface area contributed by atoms with E-state index in [9.17, 15) is 91.9 Å². The molecule has 4 aliphatic heterocycles. The van der Waals surface area contributed by atoms with Gasteiger partial charge in [-0.15, -0.1) is 0 Å². The Morgan fingerprint density at radius 1 is 0.453 bits per heavy atom. The SMILES string of the molecule is CC(c1c(O)cc(O)c2c1CC1(c3ccc(O)c(O)c3)Oc3cc(O)c4c(c3C2C1O)OC(c1ccc(O)c(O)c1)C(O)C4c1c(O)cc(O)c2c1OC(c1ccc(O)c(O)c1)C(O)C2)c1c(O)cc(O)c2c1[OH+]C(c1ccc(O)c(O)c1)C(C)C2. The summed E-state index contributed by atoms with van der Waals surface area (Å²) < 4.78 is 25.4. The third-order valence-electron chi connectivity index (χ3n) is 17.9. The first-order valence-electron chi connectivity index (χ1n) is 27.3. The van der Waals surface area contributed by atoms with Gasteiger partial charge in [-0.3, -0.25) is 0 Å². The van der Waals surface area contributed by atoms with Crippen molar-refractivity contribution in [2.24, 2.45) is 5.92 Å². The minimum absolute atomic E-state index is 0.0122. The molecule has 22 nitrogen and oxygen atoms in total. The number of hydrogen-bond acceptors (Lipinski definition) is 21. The standard InChI is InChI=1S/C64H56O22/c1-22-11-28-35(69)17-42(76)49(60(28)83-57(22)24-3-7-31(65)37(71)12-24)23(2)48-30-21-64(27-6-10-34(68)40(74)15-27)63(82)55(50(30)43(77)19-41(48)75)53-47(86-64)20-45(79)52-54(56(81)59(85-62(52)53)26-5-9-33(67)39(73)14-26)51-44(78)18-36(70)29-16-46(80)58(84-61(29)51)25-4-8-32(66)38(72)13-25/h3-10,12-15,17-20,22-23,46,54-59,63,65-82H,11,16,21H2,1-2H3/p+1. The van der Waals surface area contributed by atoms with Crippen LogP contribution in [0.5, 0.6) is 109 Å². The van der Waals surface area contributed by atoms with Crippen molar-refractivity contribution in [3.8, 4) is 109 Å². The number of benzene rings is 8. The number of ether oxygens (including phenoxy) is 4. The predicted molar refractivity (Wildman–Crippen MR) is 299 cm³/mol. The van der Waals surface area contributed by atoms with E-state index < -0.39 is 141 Å². The van der Waals surface area contributed by atoms with Crippen LogP contribution in [0.1, 0.15) is 122 Å². The maximum Gasteiger partial charge on any atom is 0.269 e. The predicted octanol–water partition coefficient (Wildman–Crippen LogP) is 7.60.